The highest BCUT2D eigenvalue weighted by molar-refractivity contribution is 6.09. The van der Waals surface area contributed by atoms with Gasteiger partial charge in [-0.05, 0) is 85.2 Å². The molecule has 0 saturated heterocycles. The van der Waals surface area contributed by atoms with Crippen molar-refractivity contribution >= 4 is 34.7 Å². The predicted molar refractivity (Wildman–Crippen MR) is 133 cm³/mol. The van der Waals surface area contributed by atoms with Crippen molar-refractivity contribution in [2.24, 2.45) is 0 Å². The SMILES string of the molecule is Nc1nccc(CC(=O)N2CCc3cc(NC(=O)C4=C(c5ccc(F)cc5)CCCC4)ccc32)n1. The first-order valence-electron chi connectivity index (χ1n) is 11.8. The summed E-state index contributed by atoms with van der Waals surface area (Å²) in [5, 5.41) is 3.04. The predicted octanol–water partition coefficient (Wildman–Crippen LogP) is 4.30. The molecule has 3 N–H and O–H groups in total. The molecule has 3 aromatic rings. The minimum Gasteiger partial charge on any atom is -0.368 e. The van der Waals surface area contributed by atoms with Crippen molar-refractivity contribution in [3.8, 4) is 0 Å². The summed E-state index contributed by atoms with van der Waals surface area (Å²) in [7, 11) is 0. The Balaban J connectivity index is 1.32. The number of nitrogens with one attached hydrogen (secondary N) is 1. The highest BCUT2D eigenvalue weighted by Gasteiger charge is 2.26. The number of nitrogens with two attached hydrogens (primary N) is 1. The van der Waals surface area contributed by atoms with Crippen molar-refractivity contribution in [2.75, 3.05) is 22.5 Å². The number of hydrogen-bond acceptors (Lipinski definition) is 5. The highest BCUT2D eigenvalue weighted by atomic mass is 19.1. The number of allylic oxidation sites excluding steroid dienone is 1. The third-order valence-electron chi connectivity index (χ3n) is 6.53. The van der Waals surface area contributed by atoms with Gasteiger partial charge in [-0.15, -0.1) is 0 Å². The summed E-state index contributed by atoms with van der Waals surface area (Å²) in [6.45, 7) is 0.575. The number of carbonyl (C=O) groups is 2. The second-order valence-corrected chi connectivity index (χ2v) is 8.85. The molecule has 2 heterocycles. The number of rotatable bonds is 5. The maximum atomic E-state index is 13.4. The largest absolute Gasteiger partial charge is 0.368 e. The quantitative estimate of drug-likeness (QED) is 0.578. The number of amides is 2. The molecule has 5 rings (SSSR count). The molecule has 1 aliphatic heterocycles. The van der Waals surface area contributed by atoms with Crippen LogP contribution in [0.5, 0.6) is 0 Å². The molecule has 1 aliphatic carbocycles. The fraction of sp³-hybridized carbons (Fsp3) is 0.259. The van der Waals surface area contributed by atoms with Crippen molar-refractivity contribution in [1.82, 2.24) is 9.97 Å². The summed E-state index contributed by atoms with van der Waals surface area (Å²) in [5.74, 6) is -0.331. The van der Waals surface area contributed by atoms with Gasteiger partial charge in [0.25, 0.3) is 5.91 Å². The van der Waals surface area contributed by atoms with Crippen LogP contribution in [0, 0.1) is 5.82 Å². The summed E-state index contributed by atoms with van der Waals surface area (Å²) < 4.78 is 13.4. The normalized spacial score (nSPS) is 15.2. The van der Waals surface area contributed by atoms with E-state index in [0.717, 1.165) is 47.2 Å². The van der Waals surface area contributed by atoms with Gasteiger partial charge >= 0.3 is 0 Å². The minimum atomic E-state index is -0.289. The smallest absolute Gasteiger partial charge is 0.251 e. The van der Waals surface area contributed by atoms with Gasteiger partial charge < -0.3 is 16.0 Å². The van der Waals surface area contributed by atoms with Crippen molar-refractivity contribution in [1.29, 1.82) is 0 Å². The van der Waals surface area contributed by atoms with Gasteiger partial charge in [0.1, 0.15) is 5.82 Å². The van der Waals surface area contributed by atoms with E-state index in [0.29, 0.717) is 30.8 Å². The van der Waals surface area contributed by atoms with Gasteiger partial charge in [-0.2, -0.15) is 0 Å². The number of carbonyl (C=O) groups excluding carboxylic acids is 2. The standard InChI is InChI=1S/C27H26FN5O2/c28-19-7-5-17(6-8-19)22-3-1-2-4-23(22)26(35)31-20-9-10-24-18(15-20)12-14-33(24)25(34)16-21-11-13-30-27(29)32-21/h5-11,13,15H,1-4,12,14,16H2,(H,31,35)(H2,29,30,32). The van der Waals surface area contributed by atoms with Crippen molar-refractivity contribution < 1.29 is 14.0 Å². The van der Waals surface area contributed by atoms with Crippen molar-refractivity contribution in [3.05, 3.63) is 82.9 Å². The molecular formula is C27H26FN5O2. The second-order valence-electron chi connectivity index (χ2n) is 8.85. The molecule has 0 spiro atoms. The third-order valence-corrected chi connectivity index (χ3v) is 6.53. The molecule has 0 unspecified atom stereocenters. The Labute approximate surface area is 202 Å². The first-order chi connectivity index (χ1) is 17.0. The Morgan fingerprint density at radius 3 is 2.63 bits per heavy atom. The van der Waals surface area contributed by atoms with Gasteiger partial charge in [-0.3, -0.25) is 9.59 Å². The number of halogens is 1. The topological polar surface area (TPSA) is 101 Å². The molecule has 1 aromatic heterocycles. The summed E-state index contributed by atoms with van der Waals surface area (Å²) in [6.07, 6.45) is 5.85. The maximum Gasteiger partial charge on any atom is 0.251 e. The molecule has 0 saturated carbocycles. The number of anilines is 3. The van der Waals surface area contributed by atoms with Crippen LogP contribution in [0.3, 0.4) is 0 Å². The maximum absolute atomic E-state index is 13.4. The Morgan fingerprint density at radius 1 is 1.03 bits per heavy atom. The number of fused-ring (bicyclic) bond motifs is 1. The van der Waals surface area contributed by atoms with E-state index in [1.165, 1.54) is 12.1 Å². The molecule has 7 nitrogen and oxygen atoms in total. The van der Waals surface area contributed by atoms with Gasteiger partial charge in [-0.25, -0.2) is 14.4 Å². The molecule has 0 radical (unpaired) electrons. The van der Waals surface area contributed by atoms with E-state index in [2.05, 4.69) is 15.3 Å². The lowest BCUT2D eigenvalue weighted by molar-refractivity contribution is -0.118. The molecule has 2 amide bonds. The first kappa shape index (κ1) is 22.7. The molecular weight excluding hydrogens is 445 g/mol. The molecule has 35 heavy (non-hydrogen) atoms. The van der Waals surface area contributed by atoms with Gasteiger partial charge in [0.05, 0.1) is 12.1 Å². The molecule has 0 atom stereocenters. The Hall–Kier alpha value is -4.07. The van der Waals surface area contributed by atoms with E-state index in [1.807, 2.05) is 18.2 Å². The lowest BCUT2D eigenvalue weighted by Gasteiger charge is -2.21. The number of benzene rings is 2. The van der Waals surface area contributed by atoms with E-state index in [-0.39, 0.29) is 30.0 Å². The zero-order chi connectivity index (χ0) is 24.4. The second kappa shape index (κ2) is 9.66. The Morgan fingerprint density at radius 2 is 1.83 bits per heavy atom. The van der Waals surface area contributed by atoms with E-state index in [9.17, 15) is 14.0 Å². The first-order valence-corrected chi connectivity index (χ1v) is 11.8. The summed E-state index contributed by atoms with van der Waals surface area (Å²) >= 11 is 0. The fourth-order valence-electron chi connectivity index (χ4n) is 4.83. The summed E-state index contributed by atoms with van der Waals surface area (Å²) in [4.78, 5) is 35.8. The highest BCUT2D eigenvalue weighted by Crippen LogP contribution is 2.34. The third kappa shape index (κ3) is 4.91. The van der Waals surface area contributed by atoms with Crippen LogP contribution in [0.2, 0.25) is 0 Å². The monoisotopic (exact) mass is 471 g/mol. The number of aromatic nitrogens is 2. The van der Waals surface area contributed by atoms with Gasteiger partial charge in [-0.1, -0.05) is 12.1 Å². The number of nitrogens with zero attached hydrogens (tertiary/aromatic N) is 3. The van der Waals surface area contributed by atoms with Crippen LogP contribution >= 0.6 is 0 Å². The average molecular weight is 472 g/mol. The Kier molecular flexibility index (Phi) is 6.27. The van der Waals surface area contributed by atoms with E-state index >= 15 is 0 Å². The van der Waals surface area contributed by atoms with Crippen LogP contribution in [0.25, 0.3) is 5.57 Å². The molecule has 8 heteroatoms. The summed E-state index contributed by atoms with van der Waals surface area (Å²) in [5.41, 5.74) is 11.4. The van der Waals surface area contributed by atoms with Crippen molar-refractivity contribution in [3.63, 3.8) is 0 Å². The Bertz CT molecular complexity index is 1320. The minimum absolute atomic E-state index is 0.0602. The molecule has 0 fully saturated rings. The summed E-state index contributed by atoms with van der Waals surface area (Å²) in [6, 6.07) is 13.7. The van der Waals surface area contributed by atoms with Crippen LogP contribution in [0.1, 0.15) is 42.5 Å². The zero-order valence-corrected chi connectivity index (χ0v) is 19.3. The van der Waals surface area contributed by atoms with Crippen LogP contribution in [-0.4, -0.2) is 28.3 Å². The average Bonchev–Trinajstić information content (AvgIpc) is 3.28. The van der Waals surface area contributed by atoms with Crippen LogP contribution in [-0.2, 0) is 22.4 Å². The molecule has 2 aliphatic rings. The lowest BCUT2D eigenvalue weighted by Crippen LogP contribution is -2.30. The van der Waals surface area contributed by atoms with E-state index < -0.39 is 0 Å². The molecule has 0 bridgehead atoms. The number of hydrogen-bond donors (Lipinski definition) is 2. The fourth-order valence-corrected chi connectivity index (χ4v) is 4.83. The molecule has 178 valence electrons. The van der Waals surface area contributed by atoms with Crippen molar-refractivity contribution in [2.45, 2.75) is 38.5 Å². The van der Waals surface area contributed by atoms with E-state index in [1.54, 1.807) is 29.3 Å². The van der Waals surface area contributed by atoms with E-state index in [4.69, 9.17) is 5.73 Å². The zero-order valence-electron chi connectivity index (χ0n) is 19.3. The van der Waals surface area contributed by atoms with Crippen LogP contribution in [0.4, 0.5) is 21.7 Å². The number of nitrogen functional groups attached to an aromatic ring is 1. The van der Waals surface area contributed by atoms with Crippen LogP contribution in [0.15, 0.2) is 60.3 Å². The van der Waals surface area contributed by atoms with Gasteiger partial charge in [0.15, 0.2) is 0 Å². The lowest BCUT2D eigenvalue weighted by atomic mass is 9.87. The molecule has 2 aromatic carbocycles. The van der Waals surface area contributed by atoms with Gasteiger partial charge in [0, 0.05) is 29.7 Å². The van der Waals surface area contributed by atoms with Crippen LogP contribution < -0.4 is 16.0 Å². The van der Waals surface area contributed by atoms with Gasteiger partial charge in [0.2, 0.25) is 11.9 Å².